The van der Waals surface area contributed by atoms with Crippen molar-refractivity contribution in [3.63, 3.8) is 0 Å². The van der Waals surface area contributed by atoms with E-state index in [0.29, 0.717) is 0 Å². The lowest BCUT2D eigenvalue weighted by atomic mass is 9.85. The smallest absolute Gasteiger partial charge is 0.224 e. The number of nitrogens with one attached hydrogen (secondary N) is 2. The summed E-state index contributed by atoms with van der Waals surface area (Å²) in [5.41, 5.74) is 2.46. The van der Waals surface area contributed by atoms with Crippen LogP contribution < -0.4 is 10.6 Å². The fraction of sp³-hybridized carbons (Fsp3) is 0.350. The largest absolute Gasteiger partial charge is 0.352 e. The van der Waals surface area contributed by atoms with Crippen LogP contribution in [0.25, 0.3) is 0 Å². The van der Waals surface area contributed by atoms with Crippen molar-refractivity contribution in [1.82, 2.24) is 10.6 Å². The summed E-state index contributed by atoms with van der Waals surface area (Å²) < 4.78 is 0. The standard InChI is InChI=1S/C20H24N2O.ClH/c1-15(22-20(23)18-12-13-21-14-18)19(16-8-4-2-5-9-16)17-10-6-3-7-11-17;/h2-11,15,18-19,21H,12-14H2,1H3,(H,22,23);1H. The normalized spacial score (nSPS) is 18.0. The average molecular weight is 345 g/mol. The molecule has 2 aromatic rings. The Morgan fingerprint density at radius 3 is 2.04 bits per heavy atom. The number of rotatable bonds is 5. The van der Waals surface area contributed by atoms with Gasteiger partial charge in [0.25, 0.3) is 0 Å². The number of halogens is 1. The van der Waals surface area contributed by atoms with Gasteiger partial charge in [0.2, 0.25) is 5.91 Å². The zero-order valence-corrected chi connectivity index (χ0v) is 14.8. The minimum Gasteiger partial charge on any atom is -0.352 e. The van der Waals surface area contributed by atoms with Gasteiger partial charge in [-0.15, -0.1) is 12.4 Å². The monoisotopic (exact) mass is 344 g/mol. The molecule has 0 radical (unpaired) electrons. The minimum absolute atomic E-state index is 0. The first kappa shape index (κ1) is 18.5. The van der Waals surface area contributed by atoms with E-state index in [-0.39, 0.29) is 36.2 Å². The first-order valence-electron chi connectivity index (χ1n) is 8.36. The summed E-state index contributed by atoms with van der Waals surface area (Å²) in [6.07, 6.45) is 0.930. The second-order valence-corrected chi connectivity index (χ2v) is 6.29. The van der Waals surface area contributed by atoms with Crippen molar-refractivity contribution in [3.05, 3.63) is 71.8 Å². The van der Waals surface area contributed by atoms with Crippen molar-refractivity contribution < 1.29 is 4.79 Å². The number of benzene rings is 2. The molecule has 2 unspecified atom stereocenters. The molecule has 0 saturated carbocycles. The van der Waals surface area contributed by atoms with Crippen LogP contribution in [0.4, 0.5) is 0 Å². The van der Waals surface area contributed by atoms with Crippen molar-refractivity contribution in [2.24, 2.45) is 5.92 Å². The van der Waals surface area contributed by atoms with Crippen LogP contribution in [0.2, 0.25) is 0 Å². The van der Waals surface area contributed by atoms with Gasteiger partial charge in [-0.05, 0) is 31.0 Å². The molecule has 24 heavy (non-hydrogen) atoms. The average Bonchev–Trinajstić information content (AvgIpc) is 3.12. The maximum absolute atomic E-state index is 12.5. The van der Waals surface area contributed by atoms with Crippen LogP contribution >= 0.6 is 12.4 Å². The molecule has 1 aliphatic rings. The van der Waals surface area contributed by atoms with E-state index in [2.05, 4.69) is 66.1 Å². The molecule has 2 N–H and O–H groups in total. The highest BCUT2D eigenvalue weighted by Crippen LogP contribution is 2.28. The van der Waals surface area contributed by atoms with Crippen molar-refractivity contribution >= 4 is 18.3 Å². The van der Waals surface area contributed by atoms with Gasteiger partial charge in [-0.2, -0.15) is 0 Å². The maximum Gasteiger partial charge on any atom is 0.224 e. The van der Waals surface area contributed by atoms with Gasteiger partial charge >= 0.3 is 0 Å². The SMILES string of the molecule is CC(NC(=O)C1CCNC1)C(c1ccccc1)c1ccccc1.Cl. The van der Waals surface area contributed by atoms with Gasteiger partial charge in [0.1, 0.15) is 0 Å². The molecular formula is C20H25ClN2O. The Labute approximate surface area is 150 Å². The maximum atomic E-state index is 12.5. The zero-order valence-electron chi connectivity index (χ0n) is 13.9. The topological polar surface area (TPSA) is 41.1 Å². The van der Waals surface area contributed by atoms with Crippen molar-refractivity contribution in [3.8, 4) is 0 Å². The Morgan fingerprint density at radius 2 is 1.58 bits per heavy atom. The molecular weight excluding hydrogens is 320 g/mol. The molecule has 128 valence electrons. The molecule has 0 spiro atoms. The molecule has 1 heterocycles. The molecule has 2 aromatic carbocycles. The molecule has 0 aromatic heterocycles. The third-order valence-corrected chi connectivity index (χ3v) is 4.62. The van der Waals surface area contributed by atoms with Crippen LogP contribution in [-0.4, -0.2) is 25.0 Å². The van der Waals surface area contributed by atoms with Crippen LogP contribution in [0.3, 0.4) is 0 Å². The molecule has 1 amide bonds. The van der Waals surface area contributed by atoms with Gasteiger partial charge in [-0.3, -0.25) is 4.79 Å². The van der Waals surface area contributed by atoms with Gasteiger partial charge in [-0.1, -0.05) is 60.7 Å². The van der Waals surface area contributed by atoms with Gasteiger partial charge in [0.15, 0.2) is 0 Å². The fourth-order valence-corrected chi connectivity index (χ4v) is 3.39. The van der Waals surface area contributed by atoms with Gasteiger partial charge in [-0.25, -0.2) is 0 Å². The second kappa shape index (κ2) is 8.86. The van der Waals surface area contributed by atoms with E-state index in [1.165, 1.54) is 11.1 Å². The summed E-state index contributed by atoms with van der Waals surface area (Å²) in [4.78, 5) is 12.5. The second-order valence-electron chi connectivity index (χ2n) is 6.29. The van der Waals surface area contributed by atoms with Crippen molar-refractivity contribution in [1.29, 1.82) is 0 Å². The Hall–Kier alpha value is -1.84. The first-order valence-corrected chi connectivity index (χ1v) is 8.36. The molecule has 0 aliphatic carbocycles. The molecule has 3 nitrogen and oxygen atoms in total. The minimum atomic E-state index is 0. The molecule has 4 heteroatoms. The van der Waals surface area contributed by atoms with Gasteiger partial charge < -0.3 is 10.6 Å². The Kier molecular flexibility index (Phi) is 6.83. The van der Waals surface area contributed by atoms with E-state index in [9.17, 15) is 4.79 Å². The van der Waals surface area contributed by atoms with E-state index in [4.69, 9.17) is 0 Å². The van der Waals surface area contributed by atoms with E-state index >= 15 is 0 Å². The summed E-state index contributed by atoms with van der Waals surface area (Å²) in [6, 6.07) is 20.9. The number of hydrogen-bond acceptors (Lipinski definition) is 2. The Bertz CT molecular complexity index is 587. The lowest BCUT2D eigenvalue weighted by Crippen LogP contribution is -2.41. The van der Waals surface area contributed by atoms with E-state index in [1.54, 1.807) is 0 Å². The third kappa shape index (κ3) is 4.37. The highest BCUT2D eigenvalue weighted by Gasteiger charge is 2.27. The summed E-state index contributed by atoms with van der Waals surface area (Å²) >= 11 is 0. The van der Waals surface area contributed by atoms with Crippen LogP contribution in [0.15, 0.2) is 60.7 Å². The molecule has 1 aliphatic heterocycles. The van der Waals surface area contributed by atoms with E-state index in [0.717, 1.165) is 19.5 Å². The molecule has 3 rings (SSSR count). The first-order chi connectivity index (χ1) is 11.3. The zero-order chi connectivity index (χ0) is 16.1. The van der Waals surface area contributed by atoms with Gasteiger partial charge in [0, 0.05) is 18.5 Å². The summed E-state index contributed by atoms with van der Waals surface area (Å²) in [6.45, 7) is 3.83. The molecule has 1 saturated heterocycles. The predicted molar refractivity (Wildman–Crippen MR) is 101 cm³/mol. The molecule has 0 bridgehead atoms. The van der Waals surface area contributed by atoms with Crippen molar-refractivity contribution in [2.45, 2.75) is 25.3 Å². The van der Waals surface area contributed by atoms with Crippen LogP contribution in [0, 0.1) is 5.92 Å². The summed E-state index contributed by atoms with van der Waals surface area (Å²) in [5, 5.41) is 6.50. The fourth-order valence-electron chi connectivity index (χ4n) is 3.39. The summed E-state index contributed by atoms with van der Waals surface area (Å²) in [7, 11) is 0. The van der Waals surface area contributed by atoms with Crippen LogP contribution in [0.5, 0.6) is 0 Å². The molecule has 1 fully saturated rings. The number of carbonyl (C=O) groups excluding carboxylic acids is 1. The summed E-state index contributed by atoms with van der Waals surface area (Å²) in [5.74, 6) is 0.430. The highest BCUT2D eigenvalue weighted by molar-refractivity contribution is 5.85. The van der Waals surface area contributed by atoms with E-state index < -0.39 is 0 Å². The lowest BCUT2D eigenvalue weighted by molar-refractivity contribution is -0.125. The van der Waals surface area contributed by atoms with Crippen molar-refractivity contribution in [2.75, 3.05) is 13.1 Å². The van der Waals surface area contributed by atoms with Crippen LogP contribution in [-0.2, 0) is 4.79 Å². The van der Waals surface area contributed by atoms with E-state index in [1.807, 2.05) is 12.1 Å². The number of hydrogen-bond donors (Lipinski definition) is 2. The number of amides is 1. The number of carbonyl (C=O) groups is 1. The lowest BCUT2D eigenvalue weighted by Gasteiger charge is -2.27. The Morgan fingerprint density at radius 1 is 1.04 bits per heavy atom. The predicted octanol–water partition coefficient (Wildman–Crippen LogP) is 3.35. The Balaban J connectivity index is 0.00000208. The molecule has 2 atom stereocenters. The third-order valence-electron chi connectivity index (χ3n) is 4.62. The highest BCUT2D eigenvalue weighted by atomic mass is 35.5. The van der Waals surface area contributed by atoms with Gasteiger partial charge in [0.05, 0.1) is 5.92 Å². The quantitative estimate of drug-likeness (QED) is 0.873. The van der Waals surface area contributed by atoms with Crippen LogP contribution in [0.1, 0.15) is 30.4 Å².